The molecule has 0 bridgehead atoms. The van der Waals surface area contributed by atoms with E-state index in [0.29, 0.717) is 35.9 Å². The molecular formula is C25H28N8O2S. The van der Waals surface area contributed by atoms with Gasteiger partial charge >= 0.3 is 0 Å². The van der Waals surface area contributed by atoms with E-state index >= 15 is 0 Å². The Bertz CT molecular complexity index is 1470. The van der Waals surface area contributed by atoms with E-state index in [1.54, 1.807) is 30.7 Å². The zero-order valence-corrected chi connectivity index (χ0v) is 21.3. The molecule has 36 heavy (non-hydrogen) atoms. The molecule has 0 amide bonds. The summed E-state index contributed by atoms with van der Waals surface area (Å²) in [7, 11) is -0.210. The average molecular weight is 505 g/mol. The second kappa shape index (κ2) is 9.72. The molecule has 5 rings (SSSR count). The van der Waals surface area contributed by atoms with Crippen LogP contribution >= 0.6 is 0 Å². The van der Waals surface area contributed by atoms with Gasteiger partial charge in [-0.15, -0.1) is 0 Å². The molecule has 0 saturated heterocycles. The highest BCUT2D eigenvalue weighted by Gasteiger charge is 2.29. The topological polar surface area (TPSA) is 128 Å². The van der Waals surface area contributed by atoms with Crippen LogP contribution in [-0.4, -0.2) is 56.8 Å². The van der Waals surface area contributed by atoms with E-state index in [1.165, 1.54) is 17.3 Å². The maximum atomic E-state index is 12.0. The predicted molar refractivity (Wildman–Crippen MR) is 140 cm³/mol. The standard InChI is InChI=1S/C25H28N8O2S/c1-33-14-16-6-5-9-35-20-11-19(10-17(15-33)23(16)20)28-25-27-13-18(12-26)24(31-25)30-21-7-4-8-22(29-21)32-36(2,3)34/h4,7-8,10-11,13,16H,5-6,9,14-15H2,1-3H3,(H2,27,28,29,30,31). The highest BCUT2D eigenvalue weighted by Crippen LogP contribution is 2.42. The van der Waals surface area contributed by atoms with Crippen LogP contribution in [-0.2, 0) is 16.3 Å². The SMILES string of the molecule is CN1Cc2cc(Nc3ncc(C#N)c(Nc4cccc(N=S(C)(C)=O)n4)n3)cc3c2C(CCCO3)C1. The number of anilines is 4. The van der Waals surface area contributed by atoms with Gasteiger partial charge in [0, 0.05) is 58.6 Å². The third-order valence-corrected chi connectivity index (χ3v) is 6.65. The Morgan fingerprint density at radius 3 is 2.92 bits per heavy atom. The van der Waals surface area contributed by atoms with Gasteiger partial charge in [0.1, 0.15) is 23.2 Å². The fourth-order valence-electron chi connectivity index (χ4n) is 4.68. The summed E-state index contributed by atoms with van der Waals surface area (Å²) in [4.78, 5) is 15.6. The van der Waals surface area contributed by atoms with Gasteiger partial charge in [0.15, 0.2) is 11.6 Å². The highest BCUT2D eigenvalue weighted by molar-refractivity contribution is 7.92. The Hall–Kier alpha value is -3.75. The molecule has 0 radical (unpaired) electrons. The third-order valence-electron chi connectivity index (χ3n) is 6.02. The van der Waals surface area contributed by atoms with E-state index in [-0.39, 0.29) is 5.56 Å². The smallest absolute Gasteiger partial charge is 0.229 e. The lowest BCUT2D eigenvalue weighted by Crippen LogP contribution is -2.30. The predicted octanol–water partition coefficient (Wildman–Crippen LogP) is 4.29. The van der Waals surface area contributed by atoms with Crippen molar-refractivity contribution in [3.05, 3.63) is 53.2 Å². The number of nitrogens with zero attached hydrogens (tertiary/aromatic N) is 6. The zero-order chi connectivity index (χ0) is 25.3. The molecule has 186 valence electrons. The van der Waals surface area contributed by atoms with E-state index in [4.69, 9.17) is 4.74 Å². The molecule has 3 aromatic rings. The Morgan fingerprint density at radius 1 is 1.25 bits per heavy atom. The molecule has 1 atom stereocenters. The largest absolute Gasteiger partial charge is 0.493 e. The van der Waals surface area contributed by atoms with E-state index in [2.05, 4.69) is 54.0 Å². The Kier molecular flexibility index (Phi) is 6.47. The van der Waals surface area contributed by atoms with Crippen LogP contribution in [0.1, 0.15) is 35.4 Å². The summed E-state index contributed by atoms with van der Waals surface area (Å²) in [6.07, 6.45) is 6.72. The summed E-state index contributed by atoms with van der Waals surface area (Å²) in [5, 5.41) is 15.9. The molecule has 2 aliphatic rings. The van der Waals surface area contributed by atoms with E-state index in [9.17, 15) is 9.47 Å². The van der Waals surface area contributed by atoms with Gasteiger partial charge in [-0.2, -0.15) is 14.6 Å². The number of hydrogen-bond donors (Lipinski definition) is 2. The number of ether oxygens (including phenoxy) is 1. The molecule has 2 N–H and O–H groups in total. The molecular weight excluding hydrogens is 476 g/mol. The molecule has 2 aromatic heterocycles. The minimum absolute atomic E-state index is 0.268. The number of nitrogens with one attached hydrogen (secondary N) is 2. The van der Waals surface area contributed by atoms with Gasteiger partial charge in [0.05, 0.1) is 12.8 Å². The van der Waals surface area contributed by atoms with Gasteiger partial charge in [0.25, 0.3) is 0 Å². The second-order valence-corrected chi connectivity index (χ2v) is 11.9. The minimum Gasteiger partial charge on any atom is -0.493 e. The first-order chi connectivity index (χ1) is 17.3. The summed E-state index contributed by atoms with van der Waals surface area (Å²) < 4.78 is 22.3. The molecule has 11 heteroatoms. The van der Waals surface area contributed by atoms with Crippen molar-refractivity contribution < 1.29 is 8.95 Å². The van der Waals surface area contributed by atoms with E-state index < -0.39 is 9.73 Å². The quantitative estimate of drug-likeness (QED) is 0.523. The van der Waals surface area contributed by atoms with Crippen LogP contribution in [0.5, 0.6) is 5.75 Å². The van der Waals surface area contributed by atoms with Crippen LogP contribution in [0.25, 0.3) is 0 Å². The molecule has 0 saturated carbocycles. The van der Waals surface area contributed by atoms with Gasteiger partial charge in [-0.05, 0) is 43.7 Å². The lowest BCUT2D eigenvalue weighted by molar-refractivity contribution is 0.275. The van der Waals surface area contributed by atoms with E-state index in [1.807, 2.05) is 6.07 Å². The van der Waals surface area contributed by atoms with Crippen molar-refractivity contribution >= 4 is 38.8 Å². The Morgan fingerprint density at radius 2 is 2.11 bits per heavy atom. The molecule has 0 aliphatic carbocycles. The molecule has 0 fully saturated rings. The molecule has 1 aromatic carbocycles. The number of hydrogen-bond acceptors (Lipinski definition) is 10. The van der Waals surface area contributed by atoms with Gasteiger partial charge in [-0.25, -0.2) is 14.2 Å². The van der Waals surface area contributed by atoms with Crippen molar-refractivity contribution in [3.8, 4) is 11.8 Å². The van der Waals surface area contributed by atoms with Crippen molar-refractivity contribution in [2.24, 2.45) is 4.36 Å². The van der Waals surface area contributed by atoms with Crippen molar-refractivity contribution in [2.75, 3.05) is 43.3 Å². The summed E-state index contributed by atoms with van der Waals surface area (Å²) in [6, 6.07) is 11.4. The van der Waals surface area contributed by atoms with Crippen LogP contribution < -0.4 is 15.4 Å². The van der Waals surface area contributed by atoms with Crippen LogP contribution in [0.3, 0.4) is 0 Å². The lowest BCUT2D eigenvalue weighted by Gasteiger charge is -2.32. The highest BCUT2D eigenvalue weighted by atomic mass is 32.2. The van der Waals surface area contributed by atoms with Gasteiger partial charge in [-0.1, -0.05) is 6.07 Å². The third kappa shape index (κ3) is 5.40. The number of pyridine rings is 1. The first kappa shape index (κ1) is 24.0. The normalized spacial score (nSPS) is 17.2. The molecule has 2 aliphatic heterocycles. The van der Waals surface area contributed by atoms with Crippen molar-refractivity contribution in [2.45, 2.75) is 25.3 Å². The van der Waals surface area contributed by atoms with Crippen molar-refractivity contribution in [3.63, 3.8) is 0 Å². The zero-order valence-electron chi connectivity index (χ0n) is 20.5. The Balaban J connectivity index is 1.44. The van der Waals surface area contributed by atoms with Crippen molar-refractivity contribution in [1.82, 2.24) is 19.9 Å². The first-order valence-corrected chi connectivity index (χ1v) is 14.0. The Labute approximate surface area is 210 Å². The average Bonchev–Trinajstić information content (AvgIpc) is 3.01. The second-order valence-electron chi connectivity index (χ2n) is 9.40. The number of aromatic nitrogens is 3. The first-order valence-electron chi connectivity index (χ1n) is 11.7. The number of nitriles is 1. The van der Waals surface area contributed by atoms with Gasteiger partial charge in [-0.3, -0.25) is 0 Å². The van der Waals surface area contributed by atoms with Gasteiger partial charge < -0.3 is 20.3 Å². The fraction of sp³-hybridized carbons (Fsp3) is 0.360. The monoisotopic (exact) mass is 504 g/mol. The number of likely N-dealkylation sites (N-methyl/N-ethyl adjacent to an activating group) is 1. The molecule has 10 nitrogen and oxygen atoms in total. The fourth-order valence-corrected chi connectivity index (χ4v) is 5.23. The maximum absolute atomic E-state index is 12.0. The molecule has 1 unspecified atom stereocenters. The number of benzene rings is 1. The van der Waals surface area contributed by atoms with E-state index in [0.717, 1.165) is 37.4 Å². The minimum atomic E-state index is -2.36. The molecule has 4 heterocycles. The summed E-state index contributed by atoms with van der Waals surface area (Å²) >= 11 is 0. The summed E-state index contributed by atoms with van der Waals surface area (Å²) in [5.74, 6) is 2.81. The summed E-state index contributed by atoms with van der Waals surface area (Å²) in [5.41, 5.74) is 3.66. The van der Waals surface area contributed by atoms with Crippen LogP contribution in [0.15, 0.2) is 40.9 Å². The van der Waals surface area contributed by atoms with Crippen LogP contribution in [0.2, 0.25) is 0 Å². The number of rotatable bonds is 5. The molecule has 0 spiro atoms. The summed E-state index contributed by atoms with van der Waals surface area (Å²) in [6.45, 7) is 2.61. The van der Waals surface area contributed by atoms with Crippen LogP contribution in [0, 0.1) is 11.3 Å². The lowest BCUT2D eigenvalue weighted by atomic mass is 9.86. The van der Waals surface area contributed by atoms with Gasteiger partial charge in [0.2, 0.25) is 5.95 Å². The van der Waals surface area contributed by atoms with Crippen molar-refractivity contribution in [1.29, 1.82) is 5.26 Å². The van der Waals surface area contributed by atoms with Crippen LogP contribution in [0.4, 0.5) is 29.1 Å². The maximum Gasteiger partial charge on any atom is 0.229 e.